The molecule has 1 spiro atoms. The van der Waals surface area contributed by atoms with Gasteiger partial charge < -0.3 is 15.1 Å². The maximum Gasteiger partial charge on any atom is 0.258 e. The molecule has 2 aliphatic heterocycles. The predicted molar refractivity (Wildman–Crippen MR) is 166 cm³/mol. The lowest BCUT2D eigenvalue weighted by Crippen LogP contribution is -2.45. The highest BCUT2D eigenvalue weighted by Crippen LogP contribution is 2.42. The second kappa shape index (κ2) is 11.7. The summed E-state index contributed by atoms with van der Waals surface area (Å²) in [4.78, 5) is 31.7. The van der Waals surface area contributed by atoms with Gasteiger partial charge in [0.2, 0.25) is 0 Å². The molecule has 5 heteroatoms. The second-order valence-electron chi connectivity index (χ2n) is 11.4. The molecule has 2 aliphatic rings. The number of nitrogens with one attached hydrogen (secondary N) is 1. The topological polar surface area (TPSA) is 52.6 Å². The van der Waals surface area contributed by atoms with Crippen LogP contribution in [0.3, 0.4) is 0 Å². The van der Waals surface area contributed by atoms with E-state index in [9.17, 15) is 9.59 Å². The van der Waals surface area contributed by atoms with Crippen LogP contribution in [0.5, 0.6) is 0 Å². The molecule has 1 saturated heterocycles. The van der Waals surface area contributed by atoms with Crippen LogP contribution in [0.25, 0.3) is 11.1 Å². The summed E-state index contributed by atoms with van der Waals surface area (Å²) in [6.07, 6.45) is 4.44. The molecule has 2 amide bonds. The van der Waals surface area contributed by atoms with E-state index in [2.05, 4.69) is 35.3 Å². The Morgan fingerprint density at radius 2 is 1.54 bits per heavy atom. The fraction of sp³-hybridized carbons (Fsp3) is 0.278. The van der Waals surface area contributed by atoms with Gasteiger partial charge in [0, 0.05) is 35.6 Å². The van der Waals surface area contributed by atoms with Crippen LogP contribution in [0.2, 0.25) is 0 Å². The molecule has 1 atom stereocenters. The van der Waals surface area contributed by atoms with Crippen LogP contribution < -0.4 is 10.2 Å². The molecule has 0 saturated carbocycles. The number of amides is 2. The van der Waals surface area contributed by atoms with Crippen molar-refractivity contribution in [1.82, 2.24) is 4.90 Å². The Labute approximate surface area is 242 Å². The number of hydrogen-bond acceptors (Lipinski definition) is 3. The molecule has 1 unspecified atom stereocenters. The average molecular weight is 544 g/mol. The summed E-state index contributed by atoms with van der Waals surface area (Å²) in [6.45, 7) is 6.30. The monoisotopic (exact) mass is 543 g/mol. The summed E-state index contributed by atoms with van der Waals surface area (Å²) in [6, 6.07) is 33.2. The van der Waals surface area contributed by atoms with Crippen LogP contribution in [0.1, 0.15) is 52.5 Å². The number of para-hydroxylation sites is 1. The number of fused-ring (bicyclic) bond motifs is 1. The van der Waals surface area contributed by atoms with Crippen molar-refractivity contribution in [1.29, 1.82) is 0 Å². The van der Waals surface area contributed by atoms with Crippen molar-refractivity contribution in [2.45, 2.75) is 32.6 Å². The van der Waals surface area contributed by atoms with E-state index in [1.807, 2.05) is 89.8 Å². The van der Waals surface area contributed by atoms with Gasteiger partial charge in [-0.1, -0.05) is 73.7 Å². The molecular weight excluding hydrogens is 506 g/mol. The van der Waals surface area contributed by atoms with Crippen molar-refractivity contribution in [2.75, 3.05) is 36.4 Å². The van der Waals surface area contributed by atoms with Gasteiger partial charge in [-0.3, -0.25) is 9.59 Å². The van der Waals surface area contributed by atoms with Crippen molar-refractivity contribution in [3.05, 3.63) is 120 Å². The third-order valence-electron chi connectivity index (χ3n) is 8.79. The molecule has 0 radical (unpaired) electrons. The lowest BCUT2D eigenvalue weighted by molar-refractivity contribution is 0.0850. The van der Waals surface area contributed by atoms with E-state index >= 15 is 0 Å². The first-order chi connectivity index (χ1) is 20.0. The van der Waals surface area contributed by atoms with E-state index < -0.39 is 0 Å². The van der Waals surface area contributed by atoms with Crippen LogP contribution in [0.15, 0.2) is 103 Å². The van der Waals surface area contributed by atoms with Gasteiger partial charge in [-0.15, -0.1) is 0 Å². The van der Waals surface area contributed by atoms with Gasteiger partial charge in [0.25, 0.3) is 11.8 Å². The average Bonchev–Trinajstić information content (AvgIpc) is 3.18. The number of hydrogen-bond donors (Lipinski definition) is 1. The molecule has 41 heavy (non-hydrogen) atoms. The SMILES string of the molecule is CCN1CCCC2(CCN(C(=O)c3ccc(NC(=O)c4ccccc4-c4ccccc4)cc3)c3ccccc3C2)C1. The van der Waals surface area contributed by atoms with Crippen molar-refractivity contribution in [2.24, 2.45) is 5.41 Å². The first-order valence-corrected chi connectivity index (χ1v) is 14.7. The van der Waals surface area contributed by atoms with E-state index in [4.69, 9.17) is 0 Å². The lowest BCUT2D eigenvalue weighted by Gasteiger charge is -2.42. The number of carbonyl (C=O) groups is 2. The number of carbonyl (C=O) groups excluding carboxylic acids is 2. The molecule has 1 fully saturated rings. The molecule has 5 nitrogen and oxygen atoms in total. The van der Waals surface area contributed by atoms with E-state index in [-0.39, 0.29) is 17.2 Å². The standard InChI is InChI=1S/C36H37N3O2/c1-2-38-23-10-21-36(26-38)22-24-39(33-16-9-6-13-29(33)25-36)35(41)28-17-19-30(20-18-28)37-34(40)32-15-8-7-14-31(32)27-11-4-3-5-12-27/h3-9,11-20H,2,10,21-26H2,1H3,(H,37,40). The zero-order chi connectivity index (χ0) is 28.2. The molecule has 1 N–H and O–H groups in total. The quantitative estimate of drug-likeness (QED) is 0.287. The summed E-state index contributed by atoms with van der Waals surface area (Å²) < 4.78 is 0. The summed E-state index contributed by atoms with van der Waals surface area (Å²) in [5, 5.41) is 3.02. The number of likely N-dealkylation sites (tertiary alicyclic amines) is 1. The Bertz CT molecular complexity index is 1530. The highest BCUT2D eigenvalue weighted by Gasteiger charge is 2.39. The summed E-state index contributed by atoms with van der Waals surface area (Å²) in [7, 11) is 0. The largest absolute Gasteiger partial charge is 0.322 e. The van der Waals surface area contributed by atoms with Crippen LogP contribution in [-0.2, 0) is 6.42 Å². The smallest absolute Gasteiger partial charge is 0.258 e. The predicted octanol–water partition coefficient (Wildman–Crippen LogP) is 7.30. The van der Waals surface area contributed by atoms with Gasteiger partial charge in [0.15, 0.2) is 0 Å². The van der Waals surface area contributed by atoms with Gasteiger partial charge >= 0.3 is 0 Å². The number of anilines is 2. The van der Waals surface area contributed by atoms with Crippen molar-refractivity contribution in [3.8, 4) is 11.1 Å². The molecule has 2 heterocycles. The Hall–Kier alpha value is -4.22. The molecule has 208 valence electrons. The molecule has 6 rings (SSSR count). The first-order valence-electron chi connectivity index (χ1n) is 14.7. The molecule has 4 aromatic carbocycles. The lowest BCUT2D eigenvalue weighted by atomic mass is 9.73. The van der Waals surface area contributed by atoms with Gasteiger partial charge in [-0.2, -0.15) is 0 Å². The van der Waals surface area contributed by atoms with E-state index in [1.165, 1.54) is 24.9 Å². The molecule has 0 aliphatic carbocycles. The number of nitrogens with zero attached hydrogens (tertiary/aromatic N) is 2. The van der Waals surface area contributed by atoms with Crippen LogP contribution in [0, 0.1) is 5.41 Å². The molecule has 0 bridgehead atoms. The summed E-state index contributed by atoms with van der Waals surface area (Å²) in [5.74, 6) is -0.172. The van der Waals surface area contributed by atoms with Gasteiger partial charge in [-0.05, 0) is 97.3 Å². The highest BCUT2D eigenvalue weighted by atomic mass is 16.2. The Kier molecular flexibility index (Phi) is 7.71. The van der Waals surface area contributed by atoms with Gasteiger partial charge in [0.05, 0.1) is 0 Å². The number of rotatable bonds is 5. The van der Waals surface area contributed by atoms with Gasteiger partial charge in [0.1, 0.15) is 0 Å². The van der Waals surface area contributed by atoms with E-state index in [0.29, 0.717) is 23.4 Å². The van der Waals surface area contributed by atoms with Crippen LogP contribution in [-0.4, -0.2) is 42.9 Å². The zero-order valence-corrected chi connectivity index (χ0v) is 23.7. The van der Waals surface area contributed by atoms with Crippen molar-refractivity contribution >= 4 is 23.2 Å². The van der Waals surface area contributed by atoms with Gasteiger partial charge in [-0.25, -0.2) is 0 Å². The molecule has 4 aromatic rings. The summed E-state index contributed by atoms with van der Waals surface area (Å²) in [5.41, 5.74) is 6.27. The van der Waals surface area contributed by atoms with Crippen LogP contribution >= 0.6 is 0 Å². The third kappa shape index (κ3) is 5.68. The minimum absolute atomic E-state index is 0.00459. The molecule has 0 aromatic heterocycles. The minimum Gasteiger partial charge on any atom is -0.322 e. The van der Waals surface area contributed by atoms with Crippen molar-refractivity contribution in [3.63, 3.8) is 0 Å². The van der Waals surface area contributed by atoms with E-state index in [0.717, 1.165) is 42.7 Å². The van der Waals surface area contributed by atoms with Crippen LogP contribution in [0.4, 0.5) is 11.4 Å². The zero-order valence-electron chi connectivity index (χ0n) is 23.7. The maximum atomic E-state index is 13.9. The number of piperidine rings is 1. The minimum atomic E-state index is -0.177. The second-order valence-corrected chi connectivity index (χ2v) is 11.4. The van der Waals surface area contributed by atoms with Crippen molar-refractivity contribution < 1.29 is 9.59 Å². The Morgan fingerprint density at radius 3 is 2.34 bits per heavy atom. The highest BCUT2D eigenvalue weighted by molar-refractivity contribution is 6.09. The molecular formula is C36H37N3O2. The summed E-state index contributed by atoms with van der Waals surface area (Å²) >= 11 is 0. The van der Waals surface area contributed by atoms with E-state index in [1.54, 1.807) is 0 Å². The number of benzene rings is 4. The Balaban J connectivity index is 1.20. The fourth-order valence-corrected chi connectivity index (χ4v) is 6.63. The normalized spacial score (nSPS) is 18.9. The first kappa shape index (κ1) is 27.0. The third-order valence-corrected chi connectivity index (χ3v) is 8.79. The maximum absolute atomic E-state index is 13.9. The Morgan fingerprint density at radius 1 is 0.805 bits per heavy atom. The fourth-order valence-electron chi connectivity index (χ4n) is 6.63.